The Morgan fingerprint density at radius 1 is 1.48 bits per heavy atom. The molecule has 1 aromatic heterocycles. The summed E-state index contributed by atoms with van der Waals surface area (Å²) in [6.45, 7) is 1.40. The molecule has 0 saturated carbocycles. The topological polar surface area (TPSA) is 65.4 Å². The van der Waals surface area contributed by atoms with Gasteiger partial charge in [0.15, 0.2) is 0 Å². The zero-order chi connectivity index (χ0) is 16.2. The first-order chi connectivity index (χ1) is 11.2. The minimum atomic E-state index is -0.269. The Kier molecular flexibility index (Phi) is 4.68. The third kappa shape index (κ3) is 3.57. The van der Waals surface area contributed by atoms with Crippen molar-refractivity contribution in [3.63, 3.8) is 0 Å². The summed E-state index contributed by atoms with van der Waals surface area (Å²) in [5, 5.41) is 2.77. The number of carbonyl (C=O) groups is 1. The van der Waals surface area contributed by atoms with Gasteiger partial charge >= 0.3 is 0 Å². The Morgan fingerprint density at radius 3 is 3.00 bits per heavy atom. The van der Waals surface area contributed by atoms with Crippen molar-refractivity contribution in [2.45, 2.75) is 19.3 Å². The fraction of sp³-hybridized carbons (Fsp3) is 0.375. The average molecular weight is 319 g/mol. The number of amides is 1. The van der Waals surface area contributed by atoms with Gasteiger partial charge in [-0.15, -0.1) is 0 Å². The van der Waals surface area contributed by atoms with Gasteiger partial charge in [0.25, 0.3) is 0 Å². The molecule has 1 aromatic carbocycles. The number of carbonyl (C=O) groups excluding carboxylic acids is 1. The zero-order valence-corrected chi connectivity index (χ0v) is 12.8. The predicted octanol–water partition coefficient (Wildman–Crippen LogP) is 1.35. The van der Waals surface area contributed by atoms with Crippen molar-refractivity contribution in [3.05, 3.63) is 42.1 Å². The van der Waals surface area contributed by atoms with E-state index in [0.717, 1.165) is 17.1 Å². The Labute approximate surface area is 133 Å². The second-order valence-corrected chi connectivity index (χ2v) is 5.35. The Hall–Kier alpha value is -2.25. The molecule has 0 spiro atoms. The molecule has 122 valence electrons. The summed E-state index contributed by atoms with van der Waals surface area (Å²) >= 11 is 0. The summed E-state index contributed by atoms with van der Waals surface area (Å²) in [7, 11) is 1.48. The van der Waals surface area contributed by atoms with Crippen LogP contribution in [0, 0.1) is 5.82 Å². The van der Waals surface area contributed by atoms with Gasteiger partial charge in [0.1, 0.15) is 24.9 Å². The molecule has 0 saturated heterocycles. The molecule has 23 heavy (non-hydrogen) atoms. The Bertz CT molecular complexity index is 684. The van der Waals surface area contributed by atoms with Crippen LogP contribution in [0.4, 0.5) is 4.39 Å². The molecular formula is C16H18FN3O3. The lowest BCUT2D eigenvalue weighted by Gasteiger charge is -2.26. The number of methoxy groups -OCH3 is 1. The van der Waals surface area contributed by atoms with Gasteiger partial charge in [-0.3, -0.25) is 4.79 Å². The van der Waals surface area contributed by atoms with E-state index in [9.17, 15) is 9.18 Å². The van der Waals surface area contributed by atoms with E-state index in [2.05, 4.69) is 10.3 Å². The van der Waals surface area contributed by atoms with Gasteiger partial charge in [0, 0.05) is 13.7 Å². The minimum Gasteiger partial charge on any atom is -0.375 e. The highest BCUT2D eigenvalue weighted by Crippen LogP contribution is 2.24. The van der Waals surface area contributed by atoms with Crippen LogP contribution in [-0.4, -0.2) is 41.8 Å². The number of fused-ring (bicyclic) bond motifs is 1. The van der Waals surface area contributed by atoms with E-state index < -0.39 is 0 Å². The number of imidazole rings is 1. The summed E-state index contributed by atoms with van der Waals surface area (Å²) in [6.07, 6.45) is 1.62. The third-order valence-corrected chi connectivity index (χ3v) is 3.71. The minimum absolute atomic E-state index is 0.0316. The molecule has 2 heterocycles. The monoisotopic (exact) mass is 319 g/mol. The van der Waals surface area contributed by atoms with Gasteiger partial charge in [-0.05, 0) is 29.8 Å². The predicted molar refractivity (Wildman–Crippen MR) is 81.1 cm³/mol. The fourth-order valence-corrected chi connectivity index (χ4v) is 2.57. The van der Waals surface area contributed by atoms with Crippen LogP contribution in [0.5, 0.6) is 0 Å². The number of nitrogens with one attached hydrogen (secondary N) is 1. The number of nitrogens with zero attached hydrogens (tertiary/aromatic N) is 2. The molecule has 1 N–H and O–H groups in total. The highest BCUT2D eigenvalue weighted by atomic mass is 19.1. The van der Waals surface area contributed by atoms with E-state index >= 15 is 0 Å². The van der Waals surface area contributed by atoms with Gasteiger partial charge in [0.2, 0.25) is 5.91 Å². The van der Waals surface area contributed by atoms with E-state index in [1.54, 1.807) is 18.3 Å². The summed E-state index contributed by atoms with van der Waals surface area (Å²) < 4.78 is 25.6. The molecule has 1 aliphatic rings. The molecule has 1 unspecified atom stereocenters. The van der Waals surface area contributed by atoms with E-state index in [-0.39, 0.29) is 24.4 Å². The molecule has 3 rings (SSSR count). The lowest BCUT2D eigenvalue weighted by Crippen LogP contribution is -2.40. The molecule has 0 bridgehead atoms. The van der Waals surface area contributed by atoms with E-state index in [1.807, 2.05) is 4.57 Å². The van der Waals surface area contributed by atoms with Crippen molar-refractivity contribution in [2.75, 3.05) is 20.3 Å². The van der Waals surface area contributed by atoms with Crippen LogP contribution in [0.2, 0.25) is 0 Å². The first kappa shape index (κ1) is 15.6. The van der Waals surface area contributed by atoms with Crippen LogP contribution in [0.3, 0.4) is 0 Å². The molecular weight excluding hydrogens is 301 g/mol. The summed E-state index contributed by atoms with van der Waals surface area (Å²) in [5.74, 6) is 0.379. The summed E-state index contributed by atoms with van der Waals surface area (Å²) in [5.41, 5.74) is 1.81. The highest BCUT2D eigenvalue weighted by molar-refractivity contribution is 5.77. The van der Waals surface area contributed by atoms with Crippen LogP contribution in [0.1, 0.15) is 5.82 Å². The normalized spacial score (nSPS) is 16.9. The van der Waals surface area contributed by atoms with Crippen molar-refractivity contribution < 1.29 is 18.7 Å². The van der Waals surface area contributed by atoms with Crippen molar-refractivity contribution in [1.29, 1.82) is 0 Å². The van der Waals surface area contributed by atoms with Crippen molar-refractivity contribution in [2.24, 2.45) is 0 Å². The first-order valence-corrected chi connectivity index (χ1v) is 7.35. The quantitative estimate of drug-likeness (QED) is 0.903. The summed E-state index contributed by atoms with van der Waals surface area (Å²) in [6, 6.07) is 6.31. The maximum absolute atomic E-state index is 13.1. The maximum atomic E-state index is 13.1. The molecule has 1 aliphatic heterocycles. The van der Waals surface area contributed by atoms with E-state index in [0.29, 0.717) is 19.7 Å². The van der Waals surface area contributed by atoms with Gasteiger partial charge in [-0.2, -0.15) is 0 Å². The number of hydrogen-bond donors (Lipinski definition) is 1. The molecule has 6 nitrogen and oxygen atoms in total. The van der Waals surface area contributed by atoms with Gasteiger partial charge in [-0.25, -0.2) is 9.37 Å². The van der Waals surface area contributed by atoms with Crippen LogP contribution in [0.25, 0.3) is 11.3 Å². The van der Waals surface area contributed by atoms with Crippen LogP contribution in [-0.2, 0) is 27.4 Å². The number of hydrogen-bond acceptors (Lipinski definition) is 4. The largest absolute Gasteiger partial charge is 0.375 e. The van der Waals surface area contributed by atoms with E-state index in [4.69, 9.17) is 9.47 Å². The second kappa shape index (κ2) is 6.89. The highest BCUT2D eigenvalue weighted by Gasteiger charge is 2.23. The van der Waals surface area contributed by atoms with Crippen LogP contribution in [0.15, 0.2) is 30.5 Å². The van der Waals surface area contributed by atoms with Crippen molar-refractivity contribution in [1.82, 2.24) is 14.9 Å². The average Bonchev–Trinajstić information content (AvgIpc) is 2.97. The molecule has 1 amide bonds. The van der Waals surface area contributed by atoms with Crippen molar-refractivity contribution in [3.8, 4) is 11.3 Å². The number of aromatic nitrogens is 2. The fourth-order valence-electron chi connectivity index (χ4n) is 2.57. The first-order valence-electron chi connectivity index (χ1n) is 7.35. The van der Waals surface area contributed by atoms with Gasteiger partial charge in [0.05, 0.1) is 24.5 Å². The SMILES string of the molecule is COCC(=O)NCC1Cn2c(-c3ccc(F)cc3)cnc2CO1. The number of ether oxygens (including phenoxy) is 2. The number of halogens is 1. The molecule has 1 atom stereocenters. The molecule has 0 fully saturated rings. The molecule has 0 aliphatic carbocycles. The van der Waals surface area contributed by atoms with Crippen molar-refractivity contribution >= 4 is 5.91 Å². The number of rotatable bonds is 5. The Balaban J connectivity index is 1.71. The van der Waals surface area contributed by atoms with Crippen LogP contribution >= 0.6 is 0 Å². The lowest BCUT2D eigenvalue weighted by molar-refractivity contribution is -0.125. The maximum Gasteiger partial charge on any atom is 0.246 e. The smallest absolute Gasteiger partial charge is 0.246 e. The number of benzene rings is 1. The van der Waals surface area contributed by atoms with Crippen LogP contribution < -0.4 is 5.32 Å². The zero-order valence-electron chi connectivity index (χ0n) is 12.8. The van der Waals surface area contributed by atoms with Gasteiger partial charge < -0.3 is 19.4 Å². The van der Waals surface area contributed by atoms with E-state index in [1.165, 1.54) is 19.2 Å². The summed E-state index contributed by atoms with van der Waals surface area (Å²) in [4.78, 5) is 15.8. The Morgan fingerprint density at radius 2 is 2.26 bits per heavy atom. The molecule has 0 radical (unpaired) electrons. The third-order valence-electron chi connectivity index (χ3n) is 3.71. The standard InChI is InChI=1S/C16H18FN3O3/c1-22-10-16(21)19-6-13-8-20-14(7-18-15(20)9-23-13)11-2-4-12(17)5-3-11/h2-5,7,13H,6,8-10H2,1H3,(H,19,21). The lowest BCUT2D eigenvalue weighted by atomic mass is 10.1. The second-order valence-electron chi connectivity index (χ2n) is 5.35. The molecule has 2 aromatic rings. The van der Waals surface area contributed by atoms with Gasteiger partial charge in [-0.1, -0.05) is 0 Å². The molecule has 7 heteroatoms.